The minimum absolute atomic E-state index is 0.000990. The number of nitro benzene ring substituents is 1. The number of aryl methyl sites for hydroxylation is 1. The second-order valence-corrected chi connectivity index (χ2v) is 13.6. The van der Waals surface area contributed by atoms with Gasteiger partial charge in [0.05, 0.1) is 22.6 Å². The maximum atomic E-state index is 14.3. The molecule has 46 heavy (non-hydrogen) atoms. The number of nitro groups is 1. The highest BCUT2D eigenvalue weighted by Gasteiger charge is 2.35. The minimum atomic E-state index is -4.52. The van der Waals surface area contributed by atoms with Gasteiger partial charge in [-0.05, 0) is 68.1 Å². The molecular formula is C33H39ClN4O7S. The Morgan fingerprint density at radius 1 is 1.07 bits per heavy atom. The molecular weight excluding hydrogens is 632 g/mol. The molecule has 1 saturated carbocycles. The Kier molecular flexibility index (Phi) is 11.6. The molecule has 1 unspecified atom stereocenters. The molecule has 0 saturated heterocycles. The highest BCUT2D eigenvalue weighted by Crippen LogP contribution is 2.30. The predicted octanol–water partition coefficient (Wildman–Crippen LogP) is 6.02. The van der Waals surface area contributed by atoms with E-state index in [1.54, 1.807) is 43.3 Å². The summed E-state index contributed by atoms with van der Waals surface area (Å²) in [5, 5.41) is 15.2. The molecule has 4 rings (SSSR count). The standard InChI is InChI=1S/C33H39ClN4O7S/c1-4-30(33(40)35-25-11-6-5-7-12-25)36(21-24-10-8-9-13-29(24)34)32(39)22-37(26-15-17-27(45-3)18-16-26)46(43,44)28-19-14-23(2)31(20-28)38(41)42/h8-10,13-20,25,30H,4-7,11-12,21-22H2,1-3H3,(H,35,40). The Hall–Kier alpha value is -4.16. The molecule has 3 aromatic rings. The van der Waals surface area contributed by atoms with E-state index in [1.165, 1.54) is 43.2 Å². The van der Waals surface area contributed by atoms with Crippen molar-refractivity contribution in [1.29, 1.82) is 0 Å². The third kappa shape index (κ3) is 8.16. The maximum Gasteiger partial charge on any atom is 0.273 e. The Morgan fingerprint density at radius 3 is 2.35 bits per heavy atom. The molecule has 1 fully saturated rings. The van der Waals surface area contributed by atoms with E-state index in [1.807, 2.05) is 0 Å². The number of nitrogens with one attached hydrogen (secondary N) is 1. The molecule has 13 heteroatoms. The number of hydrogen-bond acceptors (Lipinski definition) is 7. The number of carbonyl (C=O) groups excluding carboxylic acids is 2. The van der Waals surface area contributed by atoms with Crippen LogP contribution in [0.15, 0.2) is 71.6 Å². The number of rotatable bonds is 13. The number of halogens is 1. The van der Waals surface area contributed by atoms with Crippen molar-refractivity contribution in [2.45, 2.75) is 75.9 Å². The quantitative estimate of drug-likeness (QED) is 0.173. The van der Waals surface area contributed by atoms with Crippen molar-refractivity contribution in [3.05, 3.63) is 93.0 Å². The average molecular weight is 671 g/mol. The van der Waals surface area contributed by atoms with Crippen molar-refractivity contribution in [1.82, 2.24) is 10.2 Å². The second-order valence-electron chi connectivity index (χ2n) is 11.3. The summed E-state index contributed by atoms with van der Waals surface area (Å²) in [4.78, 5) is 40.1. The van der Waals surface area contributed by atoms with Gasteiger partial charge in [-0.1, -0.05) is 62.1 Å². The number of sulfonamides is 1. The molecule has 0 radical (unpaired) electrons. The van der Waals surface area contributed by atoms with Crippen LogP contribution in [0.1, 0.15) is 56.6 Å². The summed E-state index contributed by atoms with van der Waals surface area (Å²) in [5.41, 5.74) is 0.647. The van der Waals surface area contributed by atoms with Crippen LogP contribution in [0.25, 0.3) is 0 Å². The molecule has 0 aliphatic heterocycles. The van der Waals surface area contributed by atoms with E-state index in [-0.39, 0.29) is 46.7 Å². The molecule has 3 aromatic carbocycles. The van der Waals surface area contributed by atoms with Crippen LogP contribution in [0, 0.1) is 17.0 Å². The van der Waals surface area contributed by atoms with Gasteiger partial charge in [-0.2, -0.15) is 0 Å². The van der Waals surface area contributed by atoms with Crippen LogP contribution in [0.2, 0.25) is 5.02 Å². The molecule has 11 nitrogen and oxygen atoms in total. The number of anilines is 1. The molecule has 0 spiro atoms. The van der Waals surface area contributed by atoms with Crippen LogP contribution >= 0.6 is 11.6 Å². The summed E-state index contributed by atoms with van der Waals surface area (Å²) >= 11 is 6.48. The van der Waals surface area contributed by atoms with Crippen LogP contribution in [0.4, 0.5) is 11.4 Å². The summed E-state index contributed by atoms with van der Waals surface area (Å²) in [6, 6.07) is 15.7. The summed E-state index contributed by atoms with van der Waals surface area (Å²) in [7, 11) is -3.05. The first-order valence-electron chi connectivity index (χ1n) is 15.2. The molecule has 0 bridgehead atoms. The van der Waals surface area contributed by atoms with Gasteiger partial charge in [0.25, 0.3) is 15.7 Å². The molecule has 1 aliphatic rings. The maximum absolute atomic E-state index is 14.3. The summed E-state index contributed by atoms with van der Waals surface area (Å²) in [6.07, 6.45) is 5.11. The van der Waals surface area contributed by atoms with Crippen LogP contribution in [0.3, 0.4) is 0 Å². The number of ether oxygens (including phenoxy) is 1. The van der Waals surface area contributed by atoms with E-state index < -0.39 is 33.4 Å². The zero-order valence-electron chi connectivity index (χ0n) is 26.1. The highest BCUT2D eigenvalue weighted by atomic mass is 35.5. The fourth-order valence-corrected chi connectivity index (χ4v) is 7.25. The van der Waals surface area contributed by atoms with Gasteiger partial charge < -0.3 is 15.0 Å². The lowest BCUT2D eigenvalue weighted by Crippen LogP contribution is -2.54. The van der Waals surface area contributed by atoms with Gasteiger partial charge in [0.15, 0.2) is 0 Å². The first kappa shape index (κ1) is 34.7. The van der Waals surface area contributed by atoms with Gasteiger partial charge in [0, 0.05) is 29.2 Å². The molecule has 0 aromatic heterocycles. The van der Waals surface area contributed by atoms with E-state index in [2.05, 4.69) is 5.32 Å². The van der Waals surface area contributed by atoms with E-state index in [0.717, 1.165) is 42.5 Å². The fourth-order valence-electron chi connectivity index (χ4n) is 5.62. The SMILES string of the molecule is CCC(C(=O)NC1CCCCC1)N(Cc1ccccc1Cl)C(=O)CN(c1ccc(OC)cc1)S(=O)(=O)c1ccc(C)c([N+](=O)[O-])c1. The predicted molar refractivity (Wildman–Crippen MR) is 176 cm³/mol. The lowest BCUT2D eigenvalue weighted by Gasteiger charge is -2.34. The van der Waals surface area contributed by atoms with Crippen LogP contribution < -0.4 is 14.4 Å². The van der Waals surface area contributed by atoms with E-state index in [9.17, 15) is 28.1 Å². The molecule has 1 atom stereocenters. The van der Waals surface area contributed by atoms with Crippen molar-refractivity contribution in [2.75, 3.05) is 18.0 Å². The number of benzene rings is 3. The smallest absolute Gasteiger partial charge is 0.273 e. The van der Waals surface area contributed by atoms with E-state index in [0.29, 0.717) is 16.3 Å². The molecule has 1 N–H and O–H groups in total. The topological polar surface area (TPSA) is 139 Å². The first-order valence-corrected chi connectivity index (χ1v) is 17.0. The normalized spacial score (nSPS) is 14.3. The van der Waals surface area contributed by atoms with Crippen molar-refractivity contribution in [2.24, 2.45) is 0 Å². The fraction of sp³-hybridized carbons (Fsp3) is 0.394. The van der Waals surface area contributed by atoms with Crippen LogP contribution in [-0.4, -0.2) is 55.8 Å². The van der Waals surface area contributed by atoms with E-state index >= 15 is 0 Å². The Balaban J connectivity index is 1.76. The molecule has 1 aliphatic carbocycles. The van der Waals surface area contributed by atoms with Gasteiger partial charge in [-0.15, -0.1) is 0 Å². The number of nitrogens with zero attached hydrogens (tertiary/aromatic N) is 3. The summed E-state index contributed by atoms with van der Waals surface area (Å²) < 4.78 is 34.5. The lowest BCUT2D eigenvalue weighted by atomic mass is 9.95. The molecule has 246 valence electrons. The largest absolute Gasteiger partial charge is 0.497 e. The molecule has 2 amide bonds. The highest BCUT2D eigenvalue weighted by molar-refractivity contribution is 7.92. The molecule has 0 heterocycles. The number of hydrogen-bond donors (Lipinski definition) is 1. The van der Waals surface area contributed by atoms with Gasteiger partial charge in [0.1, 0.15) is 18.3 Å². The van der Waals surface area contributed by atoms with Crippen LogP contribution in [0.5, 0.6) is 5.75 Å². The third-order valence-corrected chi connectivity index (χ3v) is 10.4. The Bertz CT molecular complexity index is 1660. The van der Waals surface area contributed by atoms with Crippen molar-refractivity contribution in [3.8, 4) is 5.75 Å². The van der Waals surface area contributed by atoms with Gasteiger partial charge in [-0.3, -0.25) is 24.0 Å². The first-order chi connectivity index (χ1) is 22.0. The number of carbonyl (C=O) groups is 2. The van der Waals surface area contributed by atoms with Gasteiger partial charge >= 0.3 is 0 Å². The number of methoxy groups -OCH3 is 1. The second kappa shape index (κ2) is 15.4. The lowest BCUT2D eigenvalue weighted by molar-refractivity contribution is -0.385. The minimum Gasteiger partial charge on any atom is -0.497 e. The van der Waals surface area contributed by atoms with E-state index in [4.69, 9.17) is 16.3 Å². The van der Waals surface area contributed by atoms with Gasteiger partial charge in [-0.25, -0.2) is 8.42 Å². The Morgan fingerprint density at radius 2 is 1.74 bits per heavy atom. The van der Waals surface area contributed by atoms with Crippen molar-refractivity contribution in [3.63, 3.8) is 0 Å². The monoisotopic (exact) mass is 670 g/mol. The average Bonchev–Trinajstić information content (AvgIpc) is 3.04. The van der Waals surface area contributed by atoms with Crippen LogP contribution in [-0.2, 0) is 26.2 Å². The Labute approximate surface area is 274 Å². The zero-order chi connectivity index (χ0) is 33.4. The van der Waals surface area contributed by atoms with Crippen molar-refractivity contribution >= 4 is 44.8 Å². The number of amides is 2. The third-order valence-electron chi connectivity index (χ3n) is 8.24. The van der Waals surface area contributed by atoms with Gasteiger partial charge in [0.2, 0.25) is 11.8 Å². The zero-order valence-corrected chi connectivity index (χ0v) is 27.7. The summed E-state index contributed by atoms with van der Waals surface area (Å²) in [6.45, 7) is 2.58. The van der Waals surface area contributed by atoms with Crippen molar-refractivity contribution < 1.29 is 27.7 Å². The summed E-state index contributed by atoms with van der Waals surface area (Å²) in [5.74, 6) is -0.501.